The minimum absolute atomic E-state index is 0.0973. The molecular weight excluding hydrogens is 437 g/mol. The first-order valence-electron chi connectivity index (χ1n) is 10.7. The van der Waals surface area contributed by atoms with Crippen molar-refractivity contribution >= 4 is 29.3 Å². The Morgan fingerprint density at radius 2 is 2.00 bits per heavy atom. The number of piperidine rings is 1. The molecule has 7 nitrogen and oxygen atoms in total. The van der Waals surface area contributed by atoms with Gasteiger partial charge >= 0.3 is 6.09 Å². The van der Waals surface area contributed by atoms with Gasteiger partial charge in [-0.25, -0.2) is 9.48 Å². The molecule has 2 heterocycles. The number of benzene rings is 1. The Kier molecular flexibility index (Phi) is 5.49. The highest BCUT2D eigenvalue weighted by Crippen LogP contribution is 2.70. The second kappa shape index (κ2) is 7.62. The van der Waals surface area contributed by atoms with Crippen LogP contribution in [0.25, 0.3) is 0 Å². The minimum atomic E-state index is -0.535. The molecule has 1 aromatic heterocycles. The molecule has 0 radical (unpaired) electrons. The van der Waals surface area contributed by atoms with Crippen LogP contribution in [0.3, 0.4) is 0 Å². The summed E-state index contributed by atoms with van der Waals surface area (Å²) in [6.07, 6.45) is 1.47. The molecule has 1 amide bonds. The maximum absolute atomic E-state index is 12.9. The first-order chi connectivity index (χ1) is 14.5. The average Bonchev–Trinajstić information content (AvgIpc) is 3.11. The largest absolute Gasteiger partial charge is 0.444 e. The molecule has 1 aromatic carbocycles. The molecule has 9 heteroatoms. The van der Waals surface area contributed by atoms with Crippen LogP contribution in [-0.2, 0) is 16.7 Å². The number of carbonyl (C=O) groups excluding carboxylic acids is 1. The van der Waals surface area contributed by atoms with Gasteiger partial charge in [-0.05, 0) is 61.7 Å². The van der Waals surface area contributed by atoms with Gasteiger partial charge in [-0.15, -0.1) is 5.10 Å². The van der Waals surface area contributed by atoms with E-state index in [1.165, 1.54) is 0 Å². The van der Waals surface area contributed by atoms with Crippen molar-refractivity contribution in [2.24, 2.45) is 5.41 Å². The van der Waals surface area contributed by atoms with Crippen molar-refractivity contribution in [2.75, 3.05) is 13.1 Å². The lowest BCUT2D eigenvalue weighted by atomic mass is 9.80. The van der Waals surface area contributed by atoms with Crippen LogP contribution in [0.4, 0.5) is 4.79 Å². The summed E-state index contributed by atoms with van der Waals surface area (Å²) in [5.74, 6) is 1.05. The van der Waals surface area contributed by atoms with Crippen molar-refractivity contribution in [3.05, 3.63) is 39.6 Å². The van der Waals surface area contributed by atoms with Gasteiger partial charge in [0.05, 0.1) is 16.6 Å². The van der Waals surface area contributed by atoms with E-state index in [-0.39, 0.29) is 22.8 Å². The summed E-state index contributed by atoms with van der Waals surface area (Å²) in [7, 11) is 0. The third-order valence-electron chi connectivity index (χ3n) is 6.48. The standard InChI is InChI=1S/C22H29Cl2N5O2/c1-14(2)18-25-26-27-29(18)13-21-11-22(21,15-6-7-16(23)17(24)10-15)8-9-28(12-21)19(30)31-20(3,4)5/h6-7,10,14H,8-9,11-13H2,1-5H3. The van der Waals surface area contributed by atoms with Gasteiger partial charge in [0.15, 0.2) is 5.82 Å². The van der Waals surface area contributed by atoms with Crippen LogP contribution in [0.15, 0.2) is 18.2 Å². The predicted molar refractivity (Wildman–Crippen MR) is 120 cm³/mol. The number of nitrogens with zero attached hydrogens (tertiary/aromatic N) is 5. The average molecular weight is 466 g/mol. The molecule has 4 rings (SSSR count). The molecule has 31 heavy (non-hydrogen) atoms. The molecule has 2 aliphatic rings. The molecule has 0 N–H and O–H groups in total. The van der Waals surface area contributed by atoms with Gasteiger partial charge in [0.2, 0.25) is 0 Å². The summed E-state index contributed by atoms with van der Waals surface area (Å²) >= 11 is 12.5. The van der Waals surface area contributed by atoms with Crippen molar-refractivity contribution in [3.63, 3.8) is 0 Å². The van der Waals surface area contributed by atoms with Crippen molar-refractivity contribution in [1.29, 1.82) is 0 Å². The topological polar surface area (TPSA) is 73.1 Å². The number of ether oxygens (including phenoxy) is 1. The molecule has 1 saturated carbocycles. The number of rotatable bonds is 4. The van der Waals surface area contributed by atoms with E-state index in [0.29, 0.717) is 29.7 Å². The van der Waals surface area contributed by atoms with E-state index in [1.807, 2.05) is 42.5 Å². The summed E-state index contributed by atoms with van der Waals surface area (Å²) in [6, 6.07) is 5.88. The zero-order chi connectivity index (χ0) is 22.6. The molecule has 0 spiro atoms. The Bertz CT molecular complexity index is 1000. The monoisotopic (exact) mass is 465 g/mol. The van der Waals surface area contributed by atoms with E-state index in [9.17, 15) is 4.79 Å². The van der Waals surface area contributed by atoms with E-state index in [1.54, 1.807) is 0 Å². The Labute approximate surface area is 193 Å². The quantitative estimate of drug-likeness (QED) is 0.629. The van der Waals surface area contributed by atoms with Gasteiger partial charge in [-0.1, -0.05) is 43.1 Å². The van der Waals surface area contributed by atoms with Crippen LogP contribution >= 0.6 is 23.2 Å². The number of aromatic nitrogens is 4. The smallest absolute Gasteiger partial charge is 0.410 e. The fourth-order valence-electron chi connectivity index (χ4n) is 4.97. The summed E-state index contributed by atoms with van der Waals surface area (Å²) < 4.78 is 7.55. The van der Waals surface area contributed by atoms with E-state index in [4.69, 9.17) is 27.9 Å². The lowest BCUT2D eigenvalue weighted by molar-refractivity contribution is 0.0122. The molecule has 2 atom stereocenters. The normalized spacial score (nSPS) is 25.5. The van der Waals surface area contributed by atoms with Crippen LogP contribution in [0, 0.1) is 5.41 Å². The van der Waals surface area contributed by atoms with Crippen LogP contribution in [0.2, 0.25) is 10.0 Å². The predicted octanol–water partition coefficient (Wildman–Crippen LogP) is 5.07. The first-order valence-corrected chi connectivity index (χ1v) is 11.4. The van der Waals surface area contributed by atoms with E-state index in [2.05, 4.69) is 35.4 Å². The third-order valence-corrected chi connectivity index (χ3v) is 7.22. The van der Waals surface area contributed by atoms with Crippen LogP contribution < -0.4 is 0 Å². The molecular formula is C22H29Cl2N5O2. The van der Waals surface area contributed by atoms with Crippen LogP contribution in [0.1, 0.15) is 64.8 Å². The molecule has 1 aliphatic carbocycles. The van der Waals surface area contributed by atoms with Crippen molar-refractivity contribution < 1.29 is 9.53 Å². The maximum atomic E-state index is 12.9. The zero-order valence-corrected chi connectivity index (χ0v) is 20.2. The lowest BCUT2D eigenvalue weighted by Gasteiger charge is -2.39. The number of tetrazole rings is 1. The van der Waals surface area contributed by atoms with Crippen molar-refractivity contribution in [3.8, 4) is 0 Å². The van der Waals surface area contributed by atoms with Crippen LogP contribution in [-0.4, -0.2) is 49.9 Å². The highest BCUT2D eigenvalue weighted by molar-refractivity contribution is 6.42. The second-order valence-corrected chi connectivity index (χ2v) is 11.0. The third kappa shape index (κ3) is 4.02. The molecule has 2 aromatic rings. The van der Waals surface area contributed by atoms with Gasteiger partial charge < -0.3 is 9.64 Å². The van der Waals surface area contributed by atoms with Gasteiger partial charge in [-0.2, -0.15) is 0 Å². The SMILES string of the molecule is CC(C)c1nnnn1CC12CN(C(=O)OC(C)(C)C)CCC1(c1ccc(Cl)c(Cl)c1)C2. The molecule has 2 fully saturated rings. The number of hydrogen-bond donors (Lipinski definition) is 0. The van der Waals surface area contributed by atoms with E-state index in [0.717, 1.165) is 24.2 Å². The zero-order valence-electron chi connectivity index (χ0n) is 18.7. The van der Waals surface area contributed by atoms with Gasteiger partial charge in [-0.3, -0.25) is 0 Å². The van der Waals surface area contributed by atoms with Gasteiger partial charge in [0.25, 0.3) is 0 Å². The van der Waals surface area contributed by atoms with Crippen LogP contribution in [0.5, 0.6) is 0 Å². The molecule has 0 bridgehead atoms. The first kappa shape index (κ1) is 22.3. The highest BCUT2D eigenvalue weighted by Gasteiger charge is 2.70. The number of hydrogen-bond acceptors (Lipinski definition) is 5. The maximum Gasteiger partial charge on any atom is 0.410 e. The number of likely N-dealkylation sites (tertiary alicyclic amines) is 1. The summed E-state index contributed by atoms with van der Waals surface area (Å²) in [6.45, 7) is 11.7. The summed E-state index contributed by atoms with van der Waals surface area (Å²) in [5, 5.41) is 13.5. The van der Waals surface area contributed by atoms with Crippen molar-refractivity contribution in [2.45, 2.75) is 70.9 Å². The lowest BCUT2D eigenvalue weighted by Crippen LogP contribution is -2.48. The number of amides is 1. The molecule has 1 aliphatic heterocycles. The minimum Gasteiger partial charge on any atom is -0.444 e. The van der Waals surface area contributed by atoms with E-state index < -0.39 is 5.60 Å². The Hall–Kier alpha value is -1.86. The summed E-state index contributed by atoms with van der Waals surface area (Å²) in [5.41, 5.74) is 0.329. The van der Waals surface area contributed by atoms with Gasteiger partial charge in [0, 0.05) is 29.8 Å². The second-order valence-electron chi connectivity index (χ2n) is 10.2. The Balaban J connectivity index is 1.68. The number of halogens is 2. The fourth-order valence-corrected chi connectivity index (χ4v) is 5.27. The summed E-state index contributed by atoms with van der Waals surface area (Å²) in [4.78, 5) is 14.7. The highest BCUT2D eigenvalue weighted by atomic mass is 35.5. The van der Waals surface area contributed by atoms with Gasteiger partial charge in [0.1, 0.15) is 5.60 Å². The molecule has 1 saturated heterocycles. The fraction of sp³-hybridized carbons (Fsp3) is 0.636. The van der Waals surface area contributed by atoms with E-state index >= 15 is 0 Å². The Morgan fingerprint density at radius 3 is 2.65 bits per heavy atom. The van der Waals surface area contributed by atoms with Crippen molar-refractivity contribution in [1.82, 2.24) is 25.1 Å². The molecule has 2 unspecified atom stereocenters. The number of carbonyl (C=O) groups is 1. The number of fused-ring (bicyclic) bond motifs is 1. The Morgan fingerprint density at radius 1 is 1.26 bits per heavy atom. The molecule has 168 valence electrons.